The number of anilines is 2. The van der Waals surface area contributed by atoms with Crippen molar-refractivity contribution < 1.29 is 9.59 Å². The zero-order valence-corrected chi connectivity index (χ0v) is 20.1. The van der Waals surface area contributed by atoms with Crippen LogP contribution in [0.1, 0.15) is 13.3 Å². The van der Waals surface area contributed by atoms with E-state index in [0.29, 0.717) is 28.2 Å². The molecule has 0 atom stereocenters. The second-order valence-electron chi connectivity index (χ2n) is 7.85. The van der Waals surface area contributed by atoms with E-state index in [-0.39, 0.29) is 18.2 Å². The summed E-state index contributed by atoms with van der Waals surface area (Å²) in [7, 11) is 0. The summed E-state index contributed by atoms with van der Waals surface area (Å²) in [5, 5.41) is 23.5. The van der Waals surface area contributed by atoms with Crippen LogP contribution in [0.3, 0.4) is 0 Å². The molecule has 0 spiro atoms. The van der Waals surface area contributed by atoms with Crippen molar-refractivity contribution in [2.24, 2.45) is 0 Å². The molecular weight excluding hydrogens is 476 g/mol. The number of nitrogens with one attached hydrogen (secondary N) is 2. The average molecular weight is 499 g/mol. The van der Waals surface area contributed by atoms with Crippen LogP contribution >= 0.6 is 11.8 Å². The predicted molar refractivity (Wildman–Crippen MR) is 138 cm³/mol. The summed E-state index contributed by atoms with van der Waals surface area (Å²) in [6.07, 6.45) is 0.262. The van der Waals surface area contributed by atoms with Gasteiger partial charge in [0.2, 0.25) is 11.8 Å². The van der Waals surface area contributed by atoms with Crippen molar-refractivity contribution in [3.8, 4) is 11.6 Å². The van der Waals surface area contributed by atoms with Crippen LogP contribution in [0.2, 0.25) is 0 Å². The lowest BCUT2D eigenvalue weighted by atomic mass is 10.2. The minimum absolute atomic E-state index is 0.143. The largest absolute Gasteiger partial charge is 0.326 e. The van der Waals surface area contributed by atoms with Gasteiger partial charge in [0.15, 0.2) is 5.16 Å². The summed E-state index contributed by atoms with van der Waals surface area (Å²) >= 11 is 1.43. The van der Waals surface area contributed by atoms with Gasteiger partial charge in [-0.2, -0.15) is 4.68 Å². The highest BCUT2D eigenvalue weighted by Crippen LogP contribution is 2.26. The van der Waals surface area contributed by atoms with Crippen molar-refractivity contribution in [1.29, 1.82) is 0 Å². The fraction of sp³-hybridized carbons (Fsp3) is 0.120. The molecule has 3 aromatic carbocycles. The zero-order valence-electron chi connectivity index (χ0n) is 19.3. The van der Waals surface area contributed by atoms with Gasteiger partial charge in [-0.05, 0) is 42.5 Å². The van der Waals surface area contributed by atoms with E-state index in [0.717, 1.165) is 16.7 Å². The van der Waals surface area contributed by atoms with Crippen molar-refractivity contribution in [2.45, 2.75) is 18.5 Å². The summed E-state index contributed by atoms with van der Waals surface area (Å²) < 4.78 is 3.56. The van der Waals surface area contributed by atoms with E-state index in [1.807, 2.05) is 59.2 Å². The first-order chi connectivity index (χ1) is 17.6. The number of aromatic nitrogens is 6. The summed E-state index contributed by atoms with van der Waals surface area (Å²) in [6, 6.07) is 24.4. The Hall–Kier alpha value is -4.51. The number of carbonyl (C=O) groups excluding carboxylic acids is 2. The molecule has 0 saturated heterocycles. The maximum Gasteiger partial charge on any atom is 0.259 e. The molecule has 0 saturated carbocycles. The molecule has 11 heteroatoms. The summed E-state index contributed by atoms with van der Waals surface area (Å²) in [6.45, 7) is 1.44. The summed E-state index contributed by atoms with van der Waals surface area (Å²) in [5.41, 5.74) is 3.69. The molecule has 0 aliphatic carbocycles. The van der Waals surface area contributed by atoms with E-state index in [4.69, 9.17) is 0 Å². The molecule has 0 radical (unpaired) electrons. The van der Waals surface area contributed by atoms with Crippen LogP contribution in [-0.2, 0) is 9.59 Å². The number of hydrogen-bond acceptors (Lipinski definition) is 7. The first-order valence-corrected chi connectivity index (χ1v) is 12.2. The number of nitrogens with zero attached hydrogens (tertiary/aromatic N) is 6. The lowest BCUT2D eigenvalue weighted by Gasteiger charge is -2.10. The number of benzene rings is 3. The number of amides is 2. The maximum atomic E-state index is 12.6. The molecule has 2 aromatic heterocycles. The van der Waals surface area contributed by atoms with E-state index in [2.05, 4.69) is 31.1 Å². The number of rotatable bonds is 8. The number of fused-ring (bicyclic) bond motifs is 1. The van der Waals surface area contributed by atoms with Crippen molar-refractivity contribution >= 4 is 46.0 Å². The van der Waals surface area contributed by atoms with Gasteiger partial charge in [0.1, 0.15) is 5.52 Å². The third-order valence-electron chi connectivity index (χ3n) is 5.20. The number of para-hydroxylation sites is 2. The topological polar surface area (TPSA) is 120 Å². The smallest absolute Gasteiger partial charge is 0.259 e. The molecule has 2 N–H and O–H groups in total. The van der Waals surface area contributed by atoms with Gasteiger partial charge in [-0.3, -0.25) is 14.2 Å². The molecule has 180 valence electrons. The van der Waals surface area contributed by atoms with Crippen LogP contribution in [0.25, 0.3) is 22.7 Å². The molecule has 5 rings (SSSR count). The highest BCUT2D eigenvalue weighted by atomic mass is 32.2. The first kappa shape index (κ1) is 23.2. The van der Waals surface area contributed by atoms with Crippen LogP contribution in [0.5, 0.6) is 0 Å². The van der Waals surface area contributed by atoms with Crippen molar-refractivity contribution in [1.82, 2.24) is 29.8 Å². The highest BCUT2D eigenvalue weighted by Gasteiger charge is 2.19. The van der Waals surface area contributed by atoms with Crippen molar-refractivity contribution in [2.75, 3.05) is 16.4 Å². The van der Waals surface area contributed by atoms with E-state index in [1.165, 1.54) is 18.7 Å². The third-order valence-corrected chi connectivity index (χ3v) is 6.13. The zero-order chi connectivity index (χ0) is 24.9. The number of thioether (sulfide) groups is 1. The SMILES string of the molecule is CC(=O)Nc1cccc(NC(=O)CCSc2nnc(-n3nnc4ccccc43)n2-c2ccccc2)c1. The van der Waals surface area contributed by atoms with Crippen LogP contribution in [0.4, 0.5) is 11.4 Å². The Labute approximate surface area is 210 Å². The van der Waals surface area contributed by atoms with Gasteiger partial charge in [-0.15, -0.1) is 15.3 Å². The molecule has 36 heavy (non-hydrogen) atoms. The Bertz CT molecular complexity index is 1530. The van der Waals surface area contributed by atoms with Crippen LogP contribution in [0, 0.1) is 0 Å². The van der Waals surface area contributed by atoms with Gasteiger partial charge in [-0.1, -0.05) is 53.4 Å². The first-order valence-electron chi connectivity index (χ1n) is 11.2. The Morgan fingerprint density at radius 1 is 0.861 bits per heavy atom. The van der Waals surface area contributed by atoms with Gasteiger partial charge in [-0.25, -0.2) is 0 Å². The molecule has 2 amide bonds. The van der Waals surface area contributed by atoms with Crippen LogP contribution in [0.15, 0.2) is 84.0 Å². The van der Waals surface area contributed by atoms with E-state index in [9.17, 15) is 9.59 Å². The fourth-order valence-electron chi connectivity index (χ4n) is 3.65. The van der Waals surface area contributed by atoms with Gasteiger partial charge in [0.25, 0.3) is 5.95 Å². The number of carbonyl (C=O) groups is 2. The predicted octanol–water partition coefficient (Wildman–Crippen LogP) is 4.08. The number of hydrogen-bond donors (Lipinski definition) is 2. The minimum Gasteiger partial charge on any atom is -0.326 e. The molecule has 0 aliphatic heterocycles. The Morgan fingerprint density at radius 3 is 2.42 bits per heavy atom. The molecule has 0 unspecified atom stereocenters. The van der Waals surface area contributed by atoms with Crippen molar-refractivity contribution in [3.05, 3.63) is 78.9 Å². The monoisotopic (exact) mass is 498 g/mol. The third kappa shape index (κ3) is 5.10. The Balaban J connectivity index is 1.33. The molecule has 0 aliphatic rings. The van der Waals surface area contributed by atoms with Gasteiger partial charge in [0, 0.05) is 30.5 Å². The highest BCUT2D eigenvalue weighted by molar-refractivity contribution is 7.99. The van der Waals surface area contributed by atoms with Crippen LogP contribution < -0.4 is 10.6 Å². The van der Waals surface area contributed by atoms with E-state index in [1.54, 1.807) is 28.9 Å². The molecule has 5 aromatic rings. The maximum absolute atomic E-state index is 12.6. The van der Waals surface area contributed by atoms with Crippen LogP contribution in [-0.4, -0.2) is 47.3 Å². The molecule has 10 nitrogen and oxygen atoms in total. The summed E-state index contributed by atoms with van der Waals surface area (Å²) in [4.78, 5) is 23.8. The second-order valence-corrected chi connectivity index (χ2v) is 8.91. The summed E-state index contributed by atoms with van der Waals surface area (Å²) in [5.74, 6) is 0.684. The quantitative estimate of drug-likeness (QED) is 0.309. The molecule has 0 bridgehead atoms. The van der Waals surface area contributed by atoms with Gasteiger partial charge in [0.05, 0.1) is 11.2 Å². The minimum atomic E-state index is -0.171. The normalized spacial score (nSPS) is 10.9. The fourth-order valence-corrected chi connectivity index (χ4v) is 4.53. The average Bonchev–Trinajstić information content (AvgIpc) is 3.48. The van der Waals surface area contributed by atoms with Crippen molar-refractivity contribution in [3.63, 3.8) is 0 Å². The Kier molecular flexibility index (Phi) is 6.72. The van der Waals surface area contributed by atoms with Gasteiger partial charge >= 0.3 is 0 Å². The Morgan fingerprint density at radius 2 is 1.61 bits per heavy atom. The lowest BCUT2D eigenvalue weighted by Crippen LogP contribution is -2.13. The second kappa shape index (κ2) is 10.4. The molecule has 0 fully saturated rings. The van der Waals surface area contributed by atoms with Gasteiger partial charge < -0.3 is 10.6 Å². The lowest BCUT2D eigenvalue weighted by molar-refractivity contribution is -0.116. The van der Waals surface area contributed by atoms with E-state index < -0.39 is 0 Å². The molecule has 2 heterocycles. The van der Waals surface area contributed by atoms with E-state index >= 15 is 0 Å². The molecular formula is C25H22N8O2S. The standard InChI is InChI=1S/C25H22N8O2S/c1-17(34)26-18-8-7-9-19(16-18)27-23(35)14-15-36-25-30-29-24(32(25)20-10-3-2-4-11-20)33-22-13-6-5-12-21(22)28-31-33/h2-13,16H,14-15H2,1H3,(H,26,34)(H,27,35).